The van der Waals surface area contributed by atoms with Gasteiger partial charge in [0.1, 0.15) is 10.6 Å². The number of thiazole rings is 1. The molecule has 0 bridgehead atoms. The van der Waals surface area contributed by atoms with Gasteiger partial charge in [-0.15, -0.1) is 11.3 Å². The fourth-order valence-corrected chi connectivity index (χ4v) is 3.73. The largest absolute Gasteiger partial charge is 0.422 e. The molecule has 0 fully saturated rings. The molecular formula is C20H14N2O4S. The van der Waals surface area contributed by atoms with Gasteiger partial charge in [-0.05, 0) is 37.6 Å². The highest BCUT2D eigenvalue weighted by molar-refractivity contribution is 7.13. The Kier molecular flexibility index (Phi) is 4.08. The number of rotatable bonds is 3. The molecule has 0 aliphatic rings. The molecule has 0 spiro atoms. The van der Waals surface area contributed by atoms with Crippen molar-refractivity contribution in [2.45, 2.75) is 13.8 Å². The van der Waals surface area contributed by atoms with E-state index in [-0.39, 0.29) is 5.69 Å². The Hall–Kier alpha value is -3.32. The van der Waals surface area contributed by atoms with Crippen LogP contribution >= 0.6 is 11.3 Å². The standard InChI is InChI=1S/C20H14N2O4S/c1-11-3-4-12(2)15(7-11)17-10-27-19(21-17)16-9-13-8-14(22(24)25)5-6-18(13)26-20(16)23/h3-10H,1-2H3. The highest BCUT2D eigenvalue weighted by Gasteiger charge is 2.15. The molecule has 2 aromatic heterocycles. The summed E-state index contributed by atoms with van der Waals surface area (Å²) in [7, 11) is 0. The van der Waals surface area contributed by atoms with Crippen LogP contribution in [0.25, 0.3) is 32.8 Å². The van der Waals surface area contributed by atoms with Crippen LogP contribution in [0.15, 0.2) is 57.1 Å². The highest BCUT2D eigenvalue weighted by atomic mass is 32.1. The van der Waals surface area contributed by atoms with Gasteiger partial charge in [-0.3, -0.25) is 10.1 Å². The molecule has 7 heteroatoms. The molecule has 0 unspecified atom stereocenters. The Morgan fingerprint density at radius 1 is 1.07 bits per heavy atom. The molecule has 134 valence electrons. The first-order valence-electron chi connectivity index (χ1n) is 8.18. The molecule has 0 amide bonds. The summed E-state index contributed by atoms with van der Waals surface area (Å²) in [6.07, 6.45) is 0. The number of hydrogen-bond donors (Lipinski definition) is 0. The molecule has 27 heavy (non-hydrogen) atoms. The summed E-state index contributed by atoms with van der Waals surface area (Å²) in [5, 5.41) is 13.9. The number of nitro benzene ring substituents is 1. The minimum Gasteiger partial charge on any atom is -0.422 e. The fraction of sp³-hybridized carbons (Fsp3) is 0.100. The van der Waals surface area contributed by atoms with Crippen LogP contribution in [0.2, 0.25) is 0 Å². The van der Waals surface area contributed by atoms with E-state index in [0.29, 0.717) is 21.5 Å². The summed E-state index contributed by atoms with van der Waals surface area (Å²) in [5.41, 5.74) is 4.05. The predicted molar refractivity (Wildman–Crippen MR) is 105 cm³/mol. The molecule has 0 aliphatic heterocycles. The van der Waals surface area contributed by atoms with Crippen molar-refractivity contribution in [3.8, 4) is 21.8 Å². The second-order valence-electron chi connectivity index (χ2n) is 6.28. The van der Waals surface area contributed by atoms with Gasteiger partial charge in [0.05, 0.1) is 16.2 Å². The third-order valence-electron chi connectivity index (χ3n) is 4.33. The number of non-ortho nitro benzene ring substituents is 1. The van der Waals surface area contributed by atoms with Crippen LogP contribution in [-0.2, 0) is 0 Å². The first kappa shape index (κ1) is 17.1. The van der Waals surface area contributed by atoms with E-state index in [4.69, 9.17) is 4.42 Å². The van der Waals surface area contributed by atoms with Gasteiger partial charge in [0.15, 0.2) is 0 Å². The quantitative estimate of drug-likeness (QED) is 0.281. The van der Waals surface area contributed by atoms with Crippen molar-refractivity contribution >= 4 is 28.0 Å². The Balaban J connectivity index is 1.84. The minimum atomic E-state index is -0.516. The van der Waals surface area contributed by atoms with E-state index in [9.17, 15) is 14.9 Å². The fourth-order valence-electron chi connectivity index (χ4n) is 2.91. The van der Waals surface area contributed by atoms with E-state index in [1.54, 1.807) is 6.07 Å². The molecule has 0 aliphatic carbocycles. The molecule has 0 radical (unpaired) electrons. The molecule has 0 atom stereocenters. The maximum absolute atomic E-state index is 12.4. The van der Waals surface area contributed by atoms with E-state index in [0.717, 1.165) is 22.4 Å². The number of nitro groups is 1. The lowest BCUT2D eigenvalue weighted by molar-refractivity contribution is -0.384. The third kappa shape index (κ3) is 3.13. The molecular weight excluding hydrogens is 364 g/mol. The monoisotopic (exact) mass is 378 g/mol. The van der Waals surface area contributed by atoms with Crippen molar-refractivity contribution in [1.29, 1.82) is 0 Å². The van der Waals surface area contributed by atoms with Gasteiger partial charge in [0.25, 0.3) is 5.69 Å². The second kappa shape index (κ2) is 6.44. The molecule has 0 saturated heterocycles. The van der Waals surface area contributed by atoms with Crippen LogP contribution < -0.4 is 5.63 Å². The normalized spacial score (nSPS) is 11.0. The lowest BCUT2D eigenvalue weighted by Crippen LogP contribution is -2.02. The second-order valence-corrected chi connectivity index (χ2v) is 7.14. The number of hydrogen-bond acceptors (Lipinski definition) is 6. The van der Waals surface area contributed by atoms with Crippen molar-refractivity contribution in [3.05, 3.63) is 79.5 Å². The van der Waals surface area contributed by atoms with Gasteiger partial charge < -0.3 is 4.42 Å². The Morgan fingerprint density at radius 2 is 1.89 bits per heavy atom. The molecule has 6 nitrogen and oxygen atoms in total. The van der Waals surface area contributed by atoms with Gasteiger partial charge in [0.2, 0.25) is 0 Å². The Labute approximate surface area is 157 Å². The van der Waals surface area contributed by atoms with E-state index in [1.165, 1.54) is 29.5 Å². The maximum Gasteiger partial charge on any atom is 0.346 e. The van der Waals surface area contributed by atoms with Crippen LogP contribution in [0.1, 0.15) is 11.1 Å². The number of aromatic nitrogens is 1. The number of fused-ring (bicyclic) bond motifs is 1. The van der Waals surface area contributed by atoms with Crippen molar-refractivity contribution in [1.82, 2.24) is 4.98 Å². The highest BCUT2D eigenvalue weighted by Crippen LogP contribution is 2.31. The first-order valence-corrected chi connectivity index (χ1v) is 9.06. The summed E-state index contributed by atoms with van der Waals surface area (Å²) in [6.45, 7) is 4.03. The Bertz CT molecular complexity index is 1260. The smallest absolute Gasteiger partial charge is 0.346 e. The SMILES string of the molecule is Cc1ccc(C)c(-c2csc(-c3cc4cc([N+](=O)[O-])ccc4oc3=O)n2)c1. The van der Waals surface area contributed by atoms with E-state index in [2.05, 4.69) is 11.1 Å². The zero-order valence-corrected chi connectivity index (χ0v) is 15.4. The summed E-state index contributed by atoms with van der Waals surface area (Å²) in [6, 6.07) is 11.9. The zero-order chi connectivity index (χ0) is 19.1. The van der Waals surface area contributed by atoms with E-state index >= 15 is 0 Å². The average Bonchev–Trinajstić information content (AvgIpc) is 3.12. The third-order valence-corrected chi connectivity index (χ3v) is 5.21. The maximum atomic E-state index is 12.4. The van der Waals surface area contributed by atoms with E-state index in [1.807, 2.05) is 31.4 Å². The molecule has 4 rings (SSSR count). The zero-order valence-electron chi connectivity index (χ0n) is 14.6. The lowest BCUT2D eigenvalue weighted by atomic mass is 10.0. The van der Waals surface area contributed by atoms with E-state index < -0.39 is 10.5 Å². The van der Waals surface area contributed by atoms with Gasteiger partial charge >= 0.3 is 5.63 Å². The molecule has 4 aromatic rings. The van der Waals surface area contributed by atoms with Gasteiger partial charge in [-0.2, -0.15) is 0 Å². The topological polar surface area (TPSA) is 86.2 Å². The van der Waals surface area contributed by atoms with Crippen LogP contribution in [-0.4, -0.2) is 9.91 Å². The van der Waals surface area contributed by atoms with Gasteiger partial charge in [-0.1, -0.05) is 17.7 Å². The van der Waals surface area contributed by atoms with Crippen molar-refractivity contribution in [3.63, 3.8) is 0 Å². The molecule has 0 N–H and O–H groups in total. The summed E-state index contributed by atoms with van der Waals surface area (Å²) >= 11 is 1.34. The van der Waals surface area contributed by atoms with Crippen molar-refractivity contribution in [2.24, 2.45) is 0 Å². The average molecular weight is 378 g/mol. The van der Waals surface area contributed by atoms with Gasteiger partial charge in [0, 0.05) is 28.5 Å². The molecule has 2 heterocycles. The number of benzene rings is 2. The van der Waals surface area contributed by atoms with Crippen LogP contribution in [0.3, 0.4) is 0 Å². The van der Waals surface area contributed by atoms with Gasteiger partial charge in [-0.25, -0.2) is 9.78 Å². The number of aryl methyl sites for hydroxylation is 2. The summed E-state index contributed by atoms with van der Waals surface area (Å²) < 4.78 is 5.33. The number of nitrogens with zero attached hydrogens (tertiary/aromatic N) is 2. The first-order chi connectivity index (χ1) is 12.9. The molecule has 2 aromatic carbocycles. The lowest BCUT2D eigenvalue weighted by Gasteiger charge is -2.04. The predicted octanol–water partition coefficient (Wildman–Crippen LogP) is 5.11. The Morgan fingerprint density at radius 3 is 2.67 bits per heavy atom. The minimum absolute atomic E-state index is 0.0579. The van der Waals surface area contributed by atoms with Crippen LogP contribution in [0, 0.1) is 24.0 Å². The summed E-state index contributed by atoms with van der Waals surface area (Å²) in [4.78, 5) is 27.5. The van der Waals surface area contributed by atoms with Crippen LogP contribution in [0.5, 0.6) is 0 Å². The summed E-state index contributed by atoms with van der Waals surface area (Å²) in [5.74, 6) is 0. The van der Waals surface area contributed by atoms with Crippen LogP contribution in [0.4, 0.5) is 5.69 Å². The van der Waals surface area contributed by atoms with Crippen molar-refractivity contribution < 1.29 is 9.34 Å². The van der Waals surface area contributed by atoms with Crippen molar-refractivity contribution in [2.75, 3.05) is 0 Å². The molecule has 0 saturated carbocycles.